The lowest BCUT2D eigenvalue weighted by Crippen LogP contribution is -2.47. The van der Waals surface area contributed by atoms with Gasteiger partial charge in [-0.3, -0.25) is 19.3 Å². The molecule has 136 valence electrons. The SMILES string of the molecule is CC[C@H](C(=O)Nc1ccc(Br)cc1)N1C(=O)[C@@H]2[C@H](C1=O)[C@H]1C=C[C@H]2CC1. The van der Waals surface area contributed by atoms with E-state index in [0.29, 0.717) is 12.1 Å². The maximum atomic E-state index is 13.0. The van der Waals surface area contributed by atoms with E-state index in [9.17, 15) is 14.4 Å². The van der Waals surface area contributed by atoms with Gasteiger partial charge >= 0.3 is 0 Å². The summed E-state index contributed by atoms with van der Waals surface area (Å²) >= 11 is 3.36. The predicted molar refractivity (Wildman–Crippen MR) is 101 cm³/mol. The lowest BCUT2D eigenvalue weighted by atomic mass is 9.63. The zero-order valence-electron chi connectivity index (χ0n) is 14.5. The summed E-state index contributed by atoms with van der Waals surface area (Å²) in [6.07, 6.45) is 6.50. The van der Waals surface area contributed by atoms with Crippen molar-refractivity contribution < 1.29 is 14.4 Å². The minimum absolute atomic E-state index is 0.137. The number of carbonyl (C=O) groups excluding carboxylic acids is 3. The van der Waals surface area contributed by atoms with Crippen LogP contribution in [0.25, 0.3) is 0 Å². The molecule has 1 saturated heterocycles. The first kappa shape index (κ1) is 17.5. The van der Waals surface area contributed by atoms with E-state index in [1.54, 1.807) is 12.1 Å². The number of likely N-dealkylation sites (tertiary alicyclic amines) is 1. The molecule has 2 bridgehead atoms. The molecule has 1 N–H and O–H groups in total. The Morgan fingerprint density at radius 2 is 1.65 bits per heavy atom. The summed E-state index contributed by atoms with van der Waals surface area (Å²) in [6.45, 7) is 1.83. The van der Waals surface area contributed by atoms with Gasteiger partial charge in [0, 0.05) is 10.2 Å². The largest absolute Gasteiger partial charge is 0.324 e. The van der Waals surface area contributed by atoms with E-state index in [4.69, 9.17) is 0 Å². The van der Waals surface area contributed by atoms with Crippen molar-refractivity contribution in [3.8, 4) is 0 Å². The van der Waals surface area contributed by atoms with Gasteiger partial charge in [0.25, 0.3) is 0 Å². The third kappa shape index (κ3) is 2.71. The Morgan fingerprint density at radius 1 is 1.12 bits per heavy atom. The number of nitrogens with one attached hydrogen (secondary N) is 1. The van der Waals surface area contributed by atoms with Crippen LogP contribution in [0.15, 0.2) is 40.9 Å². The normalized spacial score (nSPS) is 30.5. The molecule has 0 radical (unpaired) electrons. The maximum absolute atomic E-state index is 13.0. The Morgan fingerprint density at radius 3 is 2.12 bits per heavy atom. The molecule has 1 aliphatic heterocycles. The van der Waals surface area contributed by atoms with Crippen molar-refractivity contribution in [2.45, 2.75) is 32.2 Å². The van der Waals surface area contributed by atoms with E-state index in [-0.39, 0.29) is 41.4 Å². The number of hydrogen-bond acceptors (Lipinski definition) is 3. The number of anilines is 1. The van der Waals surface area contributed by atoms with E-state index in [1.165, 1.54) is 4.90 Å². The molecular formula is C20H21BrN2O3. The third-order valence-electron chi connectivity index (χ3n) is 5.91. The average Bonchev–Trinajstić information content (AvgIpc) is 2.93. The van der Waals surface area contributed by atoms with Crippen molar-refractivity contribution in [2.24, 2.45) is 23.7 Å². The van der Waals surface area contributed by atoms with E-state index in [2.05, 4.69) is 33.4 Å². The molecule has 1 aromatic rings. The van der Waals surface area contributed by atoms with Gasteiger partial charge in [-0.2, -0.15) is 0 Å². The average molecular weight is 417 g/mol. The molecule has 6 heteroatoms. The number of imide groups is 1. The van der Waals surface area contributed by atoms with Crippen LogP contribution in [0.1, 0.15) is 26.2 Å². The van der Waals surface area contributed by atoms with Gasteiger partial charge in [-0.15, -0.1) is 0 Å². The van der Waals surface area contributed by atoms with E-state index >= 15 is 0 Å². The van der Waals surface area contributed by atoms with Gasteiger partial charge in [-0.1, -0.05) is 35.0 Å². The first-order valence-electron chi connectivity index (χ1n) is 9.13. The maximum Gasteiger partial charge on any atom is 0.247 e. The molecule has 1 heterocycles. The molecule has 3 amide bonds. The van der Waals surface area contributed by atoms with Crippen LogP contribution in [0, 0.1) is 23.7 Å². The van der Waals surface area contributed by atoms with Crippen molar-refractivity contribution in [1.82, 2.24) is 4.90 Å². The van der Waals surface area contributed by atoms with Crippen LogP contribution in [-0.2, 0) is 14.4 Å². The summed E-state index contributed by atoms with van der Waals surface area (Å²) < 4.78 is 0.916. The molecule has 0 unspecified atom stereocenters. The summed E-state index contributed by atoms with van der Waals surface area (Å²) in [6, 6.07) is 6.48. The van der Waals surface area contributed by atoms with Crippen LogP contribution < -0.4 is 5.32 Å². The Labute approximate surface area is 160 Å². The number of allylic oxidation sites excluding steroid dienone is 2. The Kier molecular flexibility index (Phi) is 4.47. The van der Waals surface area contributed by atoms with Crippen LogP contribution in [-0.4, -0.2) is 28.7 Å². The molecule has 5 rings (SSSR count). The quantitative estimate of drug-likeness (QED) is 0.604. The van der Waals surface area contributed by atoms with Gasteiger partial charge in [-0.25, -0.2) is 0 Å². The topological polar surface area (TPSA) is 66.5 Å². The molecule has 1 aromatic carbocycles. The van der Waals surface area contributed by atoms with E-state index in [0.717, 1.165) is 17.3 Å². The molecule has 2 fully saturated rings. The monoisotopic (exact) mass is 416 g/mol. The molecule has 3 aliphatic carbocycles. The highest BCUT2D eigenvalue weighted by molar-refractivity contribution is 9.10. The van der Waals surface area contributed by atoms with E-state index in [1.807, 2.05) is 19.1 Å². The van der Waals surface area contributed by atoms with Crippen LogP contribution in [0.5, 0.6) is 0 Å². The zero-order chi connectivity index (χ0) is 18.4. The molecule has 5 atom stereocenters. The van der Waals surface area contributed by atoms with Gasteiger partial charge in [0.15, 0.2) is 0 Å². The lowest BCUT2D eigenvalue weighted by molar-refractivity contribution is -0.146. The summed E-state index contributed by atoms with van der Waals surface area (Å²) in [7, 11) is 0. The summed E-state index contributed by atoms with van der Waals surface area (Å²) in [5.74, 6) is -0.928. The Balaban J connectivity index is 1.56. The number of benzene rings is 1. The number of hydrogen-bond donors (Lipinski definition) is 1. The van der Waals surface area contributed by atoms with E-state index < -0.39 is 6.04 Å². The minimum Gasteiger partial charge on any atom is -0.324 e. The standard InChI is InChI=1S/C20H21BrN2O3/c1-2-15(18(24)22-14-9-7-13(21)8-10-14)23-19(25)16-11-3-4-12(6-5-11)17(16)20(23)26/h3-4,7-12,15-17H,2,5-6H2,1H3,(H,22,24)/t11-,12-,15+,16-,17+/m0/s1. The Hall–Kier alpha value is -1.95. The van der Waals surface area contributed by atoms with Gasteiger partial charge in [0.05, 0.1) is 11.8 Å². The first-order chi connectivity index (χ1) is 12.5. The summed E-state index contributed by atoms with van der Waals surface area (Å²) in [4.78, 5) is 40.1. The molecular weight excluding hydrogens is 396 g/mol. The van der Waals surface area contributed by atoms with Crippen LogP contribution in [0.4, 0.5) is 5.69 Å². The molecule has 4 aliphatic rings. The lowest BCUT2D eigenvalue weighted by Gasteiger charge is -2.38. The first-order valence-corrected chi connectivity index (χ1v) is 9.92. The van der Waals surface area contributed by atoms with Crippen molar-refractivity contribution in [2.75, 3.05) is 5.32 Å². The summed E-state index contributed by atoms with van der Waals surface area (Å²) in [5.41, 5.74) is 0.648. The molecule has 26 heavy (non-hydrogen) atoms. The van der Waals surface area contributed by atoms with Gasteiger partial charge in [0.1, 0.15) is 6.04 Å². The van der Waals surface area contributed by atoms with Crippen LogP contribution >= 0.6 is 15.9 Å². The second-order valence-corrected chi connectivity index (χ2v) is 8.22. The summed E-state index contributed by atoms with van der Waals surface area (Å²) in [5, 5.41) is 2.84. The fraction of sp³-hybridized carbons (Fsp3) is 0.450. The highest BCUT2D eigenvalue weighted by Crippen LogP contribution is 2.50. The second-order valence-electron chi connectivity index (χ2n) is 7.31. The minimum atomic E-state index is -0.761. The van der Waals surface area contributed by atoms with Crippen molar-refractivity contribution in [3.63, 3.8) is 0 Å². The highest BCUT2D eigenvalue weighted by Gasteiger charge is 2.58. The number of rotatable bonds is 4. The number of fused-ring (bicyclic) bond motifs is 1. The number of amides is 3. The van der Waals surface area contributed by atoms with Crippen LogP contribution in [0.3, 0.4) is 0 Å². The van der Waals surface area contributed by atoms with Gasteiger partial charge in [0.2, 0.25) is 17.7 Å². The third-order valence-corrected chi connectivity index (χ3v) is 6.43. The number of carbonyl (C=O) groups is 3. The van der Waals surface area contributed by atoms with Gasteiger partial charge in [-0.05, 0) is 55.4 Å². The van der Waals surface area contributed by atoms with Crippen molar-refractivity contribution in [3.05, 3.63) is 40.9 Å². The van der Waals surface area contributed by atoms with Crippen molar-refractivity contribution >= 4 is 39.3 Å². The smallest absolute Gasteiger partial charge is 0.247 e. The van der Waals surface area contributed by atoms with Gasteiger partial charge < -0.3 is 5.32 Å². The molecule has 0 aromatic heterocycles. The molecule has 1 saturated carbocycles. The fourth-order valence-electron chi connectivity index (χ4n) is 4.65. The number of halogens is 1. The molecule has 0 spiro atoms. The highest BCUT2D eigenvalue weighted by atomic mass is 79.9. The second kappa shape index (κ2) is 6.65. The van der Waals surface area contributed by atoms with Crippen LogP contribution in [0.2, 0.25) is 0 Å². The Bertz CT molecular complexity index is 757. The number of nitrogens with zero attached hydrogens (tertiary/aromatic N) is 1. The fourth-order valence-corrected chi connectivity index (χ4v) is 4.91. The van der Waals surface area contributed by atoms with Crippen molar-refractivity contribution in [1.29, 1.82) is 0 Å². The zero-order valence-corrected chi connectivity index (χ0v) is 16.1. The molecule has 5 nitrogen and oxygen atoms in total. The predicted octanol–water partition coefficient (Wildman–Crippen LogP) is 3.36.